The second kappa shape index (κ2) is 5.40. The molecule has 0 amide bonds. The van der Waals surface area contributed by atoms with Gasteiger partial charge in [0, 0.05) is 23.9 Å². The van der Waals surface area contributed by atoms with E-state index >= 15 is 0 Å². The molecule has 2 atom stereocenters. The zero-order chi connectivity index (χ0) is 15.1. The Morgan fingerprint density at radius 1 is 1.41 bits per heavy atom. The number of aryl methyl sites for hydroxylation is 1. The van der Waals surface area contributed by atoms with Crippen LogP contribution in [0.4, 0.5) is 0 Å². The summed E-state index contributed by atoms with van der Waals surface area (Å²) in [6.45, 7) is 3.37. The molecule has 2 heterocycles. The maximum Gasteiger partial charge on any atom is 0.0677 e. The quantitative estimate of drug-likeness (QED) is 0.908. The van der Waals surface area contributed by atoms with Gasteiger partial charge in [0.05, 0.1) is 17.1 Å². The number of aliphatic imine (C=N–C) groups is 1. The topological polar surface area (TPSA) is 29.3 Å². The van der Waals surface area contributed by atoms with Crippen molar-refractivity contribution >= 4 is 17.5 Å². The van der Waals surface area contributed by atoms with Crippen LogP contribution in [0.15, 0.2) is 41.2 Å². The van der Waals surface area contributed by atoms with Gasteiger partial charge < -0.3 is 9.88 Å². The molecule has 1 aromatic heterocycles. The smallest absolute Gasteiger partial charge is 0.0677 e. The average molecular weight is 293 g/mol. The van der Waals surface area contributed by atoms with E-state index in [9.17, 15) is 0 Å². The molecule has 0 radical (unpaired) electrons. The van der Waals surface area contributed by atoms with E-state index in [-0.39, 0.29) is 0 Å². The monoisotopic (exact) mass is 293 g/mol. The van der Waals surface area contributed by atoms with Gasteiger partial charge in [0.2, 0.25) is 0 Å². The molecule has 3 aliphatic rings. The van der Waals surface area contributed by atoms with Crippen LogP contribution in [0, 0.1) is 11.8 Å². The summed E-state index contributed by atoms with van der Waals surface area (Å²) in [5.74, 6) is 1.03. The highest BCUT2D eigenvalue weighted by molar-refractivity contribution is 6.12. The third kappa shape index (κ3) is 2.03. The van der Waals surface area contributed by atoms with Crippen LogP contribution in [-0.2, 0) is 6.42 Å². The Morgan fingerprint density at radius 3 is 3.18 bits per heavy atom. The van der Waals surface area contributed by atoms with Gasteiger partial charge >= 0.3 is 0 Å². The number of hydrogen-bond donors (Lipinski definition) is 1. The fourth-order valence-corrected chi connectivity index (χ4v) is 3.88. The number of fused-ring (bicyclic) bond motifs is 1. The van der Waals surface area contributed by atoms with Crippen molar-refractivity contribution in [2.45, 2.75) is 26.2 Å². The van der Waals surface area contributed by atoms with E-state index in [4.69, 9.17) is 4.99 Å². The summed E-state index contributed by atoms with van der Waals surface area (Å²) in [7, 11) is 2.02. The molecule has 2 aliphatic carbocycles. The number of allylic oxidation sites excluding steroid dienone is 6. The number of nitrogens with one attached hydrogen (secondary N) is 1. The Morgan fingerprint density at radius 2 is 2.32 bits per heavy atom. The second-order valence-corrected chi connectivity index (χ2v) is 6.49. The summed E-state index contributed by atoms with van der Waals surface area (Å²) in [6, 6.07) is 2.28. The van der Waals surface area contributed by atoms with Gasteiger partial charge in [-0.3, -0.25) is 4.99 Å². The Bertz CT molecular complexity index is 715. The van der Waals surface area contributed by atoms with Gasteiger partial charge in [0.25, 0.3) is 0 Å². The molecule has 0 spiro atoms. The van der Waals surface area contributed by atoms with Crippen LogP contribution in [-0.4, -0.2) is 24.4 Å². The minimum atomic E-state index is 0.461. The predicted octanol–water partition coefficient (Wildman–Crippen LogP) is 3.50. The Kier molecular flexibility index (Phi) is 3.38. The lowest BCUT2D eigenvalue weighted by Gasteiger charge is -2.27. The molecule has 3 heteroatoms. The lowest BCUT2D eigenvalue weighted by molar-refractivity contribution is 0.442. The summed E-state index contributed by atoms with van der Waals surface area (Å²) >= 11 is 0. The zero-order valence-corrected chi connectivity index (χ0v) is 13.3. The maximum atomic E-state index is 4.89. The summed E-state index contributed by atoms with van der Waals surface area (Å²) < 4.78 is 2.35. The first-order chi connectivity index (χ1) is 10.8. The molecule has 114 valence electrons. The van der Waals surface area contributed by atoms with Crippen LogP contribution >= 0.6 is 0 Å². The van der Waals surface area contributed by atoms with E-state index in [1.54, 1.807) is 0 Å². The molecule has 0 saturated heterocycles. The first kappa shape index (κ1) is 13.8. The predicted molar refractivity (Wildman–Crippen MR) is 92.8 cm³/mol. The van der Waals surface area contributed by atoms with Crippen molar-refractivity contribution in [3.63, 3.8) is 0 Å². The van der Waals surface area contributed by atoms with Crippen LogP contribution in [0.2, 0.25) is 0 Å². The van der Waals surface area contributed by atoms with Crippen LogP contribution < -0.4 is 5.32 Å². The molecular weight excluding hydrogens is 270 g/mol. The lowest BCUT2D eigenvalue weighted by atomic mass is 9.84. The molecule has 22 heavy (non-hydrogen) atoms. The van der Waals surface area contributed by atoms with E-state index in [0.717, 1.165) is 25.8 Å². The molecule has 0 bridgehead atoms. The summed E-state index contributed by atoms with van der Waals surface area (Å²) in [6.07, 6.45) is 14.7. The highest BCUT2D eigenvalue weighted by Gasteiger charge is 2.29. The fourth-order valence-electron chi connectivity index (χ4n) is 3.88. The Balaban J connectivity index is 1.78. The summed E-state index contributed by atoms with van der Waals surface area (Å²) in [4.78, 5) is 4.89. The Hall–Kier alpha value is -1.87. The minimum absolute atomic E-state index is 0.461. The van der Waals surface area contributed by atoms with Crippen molar-refractivity contribution in [2.75, 3.05) is 13.6 Å². The van der Waals surface area contributed by atoms with Gasteiger partial charge in [-0.1, -0.05) is 19.1 Å². The standard InChI is InChI=1S/C19H23N3/c1-13-14(8-10-20-2)6-7-17-18(13)21-12-16-5-3-4-15-9-11-22(17)19(15)16/h5-7,9,11-14,20H,3-4,8,10H2,1-2H3. The maximum absolute atomic E-state index is 4.89. The number of hydrogen-bond acceptors (Lipinski definition) is 2. The third-order valence-corrected chi connectivity index (χ3v) is 5.19. The highest BCUT2D eigenvalue weighted by Crippen LogP contribution is 2.39. The number of rotatable bonds is 3. The molecule has 1 aromatic rings. The minimum Gasteiger partial charge on any atom is -0.320 e. The summed E-state index contributed by atoms with van der Waals surface area (Å²) in [5, 5.41) is 3.26. The first-order valence-corrected chi connectivity index (χ1v) is 8.31. The van der Waals surface area contributed by atoms with Crippen LogP contribution in [0.5, 0.6) is 0 Å². The van der Waals surface area contributed by atoms with Crippen molar-refractivity contribution in [2.24, 2.45) is 16.8 Å². The van der Waals surface area contributed by atoms with E-state index < -0.39 is 0 Å². The molecule has 0 aromatic carbocycles. The van der Waals surface area contributed by atoms with E-state index in [1.807, 2.05) is 7.05 Å². The third-order valence-electron chi connectivity index (χ3n) is 5.19. The fraction of sp³-hybridized carbons (Fsp3) is 0.421. The molecule has 4 rings (SSSR count). The van der Waals surface area contributed by atoms with Crippen molar-refractivity contribution in [1.82, 2.24) is 9.88 Å². The number of aromatic nitrogens is 1. The largest absolute Gasteiger partial charge is 0.320 e. The molecule has 1 N–H and O–H groups in total. The lowest BCUT2D eigenvalue weighted by Crippen LogP contribution is -2.21. The molecule has 3 nitrogen and oxygen atoms in total. The van der Waals surface area contributed by atoms with Crippen molar-refractivity contribution in [3.05, 3.63) is 47.4 Å². The van der Waals surface area contributed by atoms with Crippen molar-refractivity contribution in [3.8, 4) is 0 Å². The van der Waals surface area contributed by atoms with Gasteiger partial charge in [-0.15, -0.1) is 0 Å². The van der Waals surface area contributed by atoms with E-state index in [1.165, 1.54) is 28.2 Å². The van der Waals surface area contributed by atoms with Crippen molar-refractivity contribution in [1.29, 1.82) is 0 Å². The number of nitrogens with zero attached hydrogens (tertiary/aromatic N) is 2. The summed E-state index contributed by atoms with van der Waals surface area (Å²) in [5.41, 5.74) is 6.59. The second-order valence-electron chi connectivity index (χ2n) is 6.49. The van der Waals surface area contributed by atoms with E-state index in [2.05, 4.69) is 53.5 Å². The Labute approximate surface area is 132 Å². The van der Waals surface area contributed by atoms with Gasteiger partial charge in [0.1, 0.15) is 0 Å². The van der Waals surface area contributed by atoms with Crippen LogP contribution in [0.3, 0.4) is 0 Å². The van der Waals surface area contributed by atoms with Gasteiger partial charge in [-0.05, 0) is 56.5 Å². The zero-order valence-electron chi connectivity index (χ0n) is 13.3. The molecule has 2 unspecified atom stereocenters. The first-order valence-electron chi connectivity index (χ1n) is 8.31. The van der Waals surface area contributed by atoms with Crippen LogP contribution in [0.25, 0.3) is 11.3 Å². The molecular formula is C19H23N3. The SMILES string of the molecule is CNCCC1C=CC2=C(N=CC3=CCCc4ccn2c43)C1C. The van der Waals surface area contributed by atoms with Crippen molar-refractivity contribution < 1.29 is 0 Å². The normalized spacial score (nSPS) is 25.6. The molecule has 0 saturated carbocycles. The average Bonchev–Trinajstić information content (AvgIpc) is 2.89. The van der Waals surface area contributed by atoms with Crippen LogP contribution in [0.1, 0.15) is 31.0 Å². The van der Waals surface area contributed by atoms with Gasteiger partial charge in [0.15, 0.2) is 0 Å². The molecule has 1 aliphatic heterocycles. The molecule has 0 fully saturated rings. The highest BCUT2D eigenvalue weighted by atomic mass is 15.0. The van der Waals surface area contributed by atoms with E-state index in [0.29, 0.717) is 11.8 Å². The van der Waals surface area contributed by atoms with Gasteiger partial charge in [-0.25, -0.2) is 0 Å². The van der Waals surface area contributed by atoms with Gasteiger partial charge in [-0.2, -0.15) is 0 Å².